The summed E-state index contributed by atoms with van der Waals surface area (Å²) in [5.74, 6) is 1.61. The summed E-state index contributed by atoms with van der Waals surface area (Å²) in [5.41, 5.74) is 2.38. The van der Waals surface area contributed by atoms with E-state index in [9.17, 15) is 0 Å². The number of rotatable bonds is 6. The second kappa shape index (κ2) is 9.72. The van der Waals surface area contributed by atoms with E-state index in [1.165, 1.54) is 11.1 Å². The van der Waals surface area contributed by atoms with Crippen LogP contribution in [0.2, 0.25) is 0 Å². The normalized spacial score (nSPS) is 10.9. The molecule has 0 atom stereocenters. The molecule has 0 aliphatic carbocycles. The van der Waals surface area contributed by atoms with Gasteiger partial charge in [-0.05, 0) is 80.1 Å². The molecule has 0 aliphatic rings. The van der Waals surface area contributed by atoms with E-state index in [1.54, 1.807) is 0 Å². The van der Waals surface area contributed by atoms with E-state index in [4.69, 9.17) is 4.74 Å². The summed E-state index contributed by atoms with van der Waals surface area (Å²) in [6.07, 6.45) is 1.82. The second-order valence-corrected chi connectivity index (χ2v) is 9.54. The summed E-state index contributed by atoms with van der Waals surface area (Å²) < 4.78 is 10.3. The van der Waals surface area contributed by atoms with Crippen molar-refractivity contribution < 1.29 is 4.74 Å². The topological polar surface area (TPSA) is 9.23 Å². The molecule has 2 aromatic rings. The fourth-order valence-corrected chi connectivity index (χ4v) is 5.71. The summed E-state index contributed by atoms with van der Waals surface area (Å²) in [4.78, 5) is 0. The van der Waals surface area contributed by atoms with Crippen molar-refractivity contribution in [2.24, 2.45) is 0 Å². The van der Waals surface area contributed by atoms with Gasteiger partial charge in [0, 0.05) is 19.6 Å². The molecular formula is C16H12Br6O. The maximum atomic E-state index is 6.16. The number of benzene rings is 2. The first kappa shape index (κ1) is 20.4. The minimum atomic E-state index is 0.803. The highest BCUT2D eigenvalue weighted by atomic mass is 79.9. The highest BCUT2D eigenvalue weighted by molar-refractivity contribution is 9.11. The molecule has 0 radical (unpaired) electrons. The van der Waals surface area contributed by atoms with Crippen molar-refractivity contribution >= 4 is 95.6 Å². The molecule has 0 aliphatic heterocycles. The van der Waals surface area contributed by atoms with Gasteiger partial charge in [0.25, 0.3) is 0 Å². The van der Waals surface area contributed by atoms with Gasteiger partial charge in [0.05, 0.1) is 8.95 Å². The molecule has 0 spiro atoms. The smallest absolute Gasteiger partial charge is 0.142 e. The molecule has 0 heterocycles. The van der Waals surface area contributed by atoms with Gasteiger partial charge in [0.15, 0.2) is 0 Å². The van der Waals surface area contributed by atoms with Gasteiger partial charge in [0.1, 0.15) is 11.5 Å². The largest absolute Gasteiger partial charge is 0.455 e. The van der Waals surface area contributed by atoms with Crippen LogP contribution in [-0.2, 0) is 12.8 Å². The summed E-state index contributed by atoms with van der Waals surface area (Å²) >= 11 is 21.5. The van der Waals surface area contributed by atoms with Crippen LogP contribution in [-0.4, -0.2) is 10.7 Å². The number of hydrogen-bond acceptors (Lipinski definition) is 1. The third-order valence-corrected chi connectivity index (χ3v) is 7.23. The van der Waals surface area contributed by atoms with Crippen LogP contribution >= 0.6 is 95.6 Å². The predicted octanol–water partition coefficient (Wildman–Crippen LogP) is 8.40. The molecular weight excluding hydrogens is 688 g/mol. The monoisotopic (exact) mass is 694 g/mol. The van der Waals surface area contributed by atoms with Gasteiger partial charge in [-0.3, -0.25) is 0 Å². The highest BCUT2D eigenvalue weighted by Gasteiger charge is 2.15. The van der Waals surface area contributed by atoms with Gasteiger partial charge in [-0.2, -0.15) is 0 Å². The fourth-order valence-electron chi connectivity index (χ4n) is 2.08. The quantitative estimate of drug-likeness (QED) is 0.276. The number of alkyl halides is 2. The van der Waals surface area contributed by atoms with Gasteiger partial charge < -0.3 is 4.74 Å². The lowest BCUT2D eigenvalue weighted by Gasteiger charge is -2.15. The zero-order valence-corrected chi connectivity index (χ0v) is 21.3. The van der Waals surface area contributed by atoms with Crippen molar-refractivity contribution in [1.82, 2.24) is 0 Å². The number of halogens is 6. The van der Waals surface area contributed by atoms with Crippen molar-refractivity contribution in [1.29, 1.82) is 0 Å². The van der Waals surface area contributed by atoms with Crippen LogP contribution in [0.25, 0.3) is 0 Å². The van der Waals surface area contributed by atoms with Crippen LogP contribution in [0.4, 0.5) is 0 Å². The summed E-state index contributed by atoms with van der Waals surface area (Å²) in [5, 5.41) is 1.79. The van der Waals surface area contributed by atoms with E-state index in [2.05, 4.69) is 95.6 Å². The molecule has 0 fully saturated rings. The zero-order valence-electron chi connectivity index (χ0n) is 11.8. The van der Waals surface area contributed by atoms with Crippen molar-refractivity contribution in [2.75, 3.05) is 10.7 Å². The van der Waals surface area contributed by atoms with Gasteiger partial charge in [-0.25, -0.2) is 0 Å². The van der Waals surface area contributed by atoms with Gasteiger partial charge >= 0.3 is 0 Å². The van der Waals surface area contributed by atoms with Crippen LogP contribution in [0.1, 0.15) is 11.1 Å². The zero-order chi connectivity index (χ0) is 17.0. The molecule has 23 heavy (non-hydrogen) atoms. The van der Waals surface area contributed by atoms with Gasteiger partial charge in [0.2, 0.25) is 0 Å². The Balaban J connectivity index is 2.40. The molecule has 0 saturated carbocycles. The van der Waals surface area contributed by atoms with Gasteiger partial charge in [-0.15, -0.1) is 0 Å². The fraction of sp³-hybridized carbons (Fsp3) is 0.250. The minimum Gasteiger partial charge on any atom is -0.455 e. The lowest BCUT2D eigenvalue weighted by Crippen LogP contribution is -1.96. The Morgan fingerprint density at radius 2 is 1.04 bits per heavy atom. The summed E-state index contributed by atoms with van der Waals surface area (Å²) in [6, 6.07) is 7.96. The van der Waals surface area contributed by atoms with Crippen molar-refractivity contribution in [3.63, 3.8) is 0 Å². The number of ether oxygens (including phenoxy) is 1. The van der Waals surface area contributed by atoms with Crippen LogP contribution in [0, 0.1) is 0 Å². The Morgan fingerprint density at radius 3 is 1.39 bits per heavy atom. The molecule has 124 valence electrons. The first-order valence-electron chi connectivity index (χ1n) is 6.73. The van der Waals surface area contributed by atoms with Gasteiger partial charge in [-0.1, -0.05) is 63.7 Å². The van der Waals surface area contributed by atoms with Crippen molar-refractivity contribution in [3.05, 3.63) is 53.3 Å². The molecule has 0 N–H and O–H groups in total. The molecule has 2 rings (SSSR count). The summed E-state index contributed by atoms with van der Waals surface area (Å²) in [7, 11) is 0. The predicted molar refractivity (Wildman–Crippen MR) is 119 cm³/mol. The number of hydrogen-bond donors (Lipinski definition) is 0. The van der Waals surface area contributed by atoms with Crippen LogP contribution < -0.4 is 4.74 Å². The molecule has 0 unspecified atom stereocenters. The molecule has 0 aromatic heterocycles. The standard InChI is InChI=1S/C16H12Br6O/c17-7-5-9-11(19)1-3-13(15(9)21)23-14-4-2-12(20)10(6-8-18)16(14)22/h1-4H,5-8H2. The molecule has 2 aromatic carbocycles. The van der Waals surface area contributed by atoms with Crippen LogP contribution in [0.15, 0.2) is 42.2 Å². The SMILES string of the molecule is BrCCc1c(Br)ccc(Oc2ccc(Br)c(CCBr)c2Br)c1Br. The van der Waals surface area contributed by atoms with E-state index < -0.39 is 0 Å². The first-order chi connectivity index (χ1) is 11.0. The average molecular weight is 700 g/mol. The van der Waals surface area contributed by atoms with Crippen LogP contribution in [0.5, 0.6) is 11.5 Å². The van der Waals surface area contributed by atoms with Crippen molar-refractivity contribution in [3.8, 4) is 11.5 Å². The van der Waals surface area contributed by atoms with E-state index >= 15 is 0 Å². The lowest BCUT2D eigenvalue weighted by molar-refractivity contribution is 0.475. The third kappa shape index (κ3) is 5.07. The first-order valence-corrected chi connectivity index (χ1v) is 12.1. The average Bonchev–Trinajstić information content (AvgIpc) is 2.53. The molecule has 0 saturated heterocycles. The van der Waals surface area contributed by atoms with Crippen LogP contribution in [0.3, 0.4) is 0 Å². The Hall–Kier alpha value is 1.12. The molecule has 0 amide bonds. The Bertz CT molecular complexity index is 642. The lowest BCUT2D eigenvalue weighted by atomic mass is 10.1. The maximum Gasteiger partial charge on any atom is 0.142 e. The minimum absolute atomic E-state index is 0.803. The Labute approximate surface area is 186 Å². The summed E-state index contributed by atoms with van der Waals surface area (Å²) in [6.45, 7) is 0. The van der Waals surface area contributed by atoms with E-state index in [0.29, 0.717) is 0 Å². The van der Waals surface area contributed by atoms with E-state index in [0.717, 1.165) is 52.9 Å². The Morgan fingerprint density at radius 1 is 0.652 bits per heavy atom. The maximum absolute atomic E-state index is 6.16. The van der Waals surface area contributed by atoms with E-state index in [1.807, 2.05) is 24.3 Å². The van der Waals surface area contributed by atoms with E-state index in [-0.39, 0.29) is 0 Å². The molecule has 7 heteroatoms. The second-order valence-electron chi connectivity index (χ2n) is 4.66. The van der Waals surface area contributed by atoms with Crippen molar-refractivity contribution in [2.45, 2.75) is 12.8 Å². The third-order valence-electron chi connectivity index (χ3n) is 3.21. The molecule has 1 nitrogen and oxygen atoms in total. The Kier molecular flexibility index (Phi) is 8.63. The molecule has 0 bridgehead atoms. The highest BCUT2D eigenvalue weighted by Crippen LogP contribution is 2.41.